The Morgan fingerprint density at radius 2 is 1.88 bits per heavy atom. The van der Waals surface area contributed by atoms with E-state index in [9.17, 15) is 0 Å². The number of fused-ring (bicyclic) bond motifs is 1. The Labute approximate surface area is 108 Å². The predicted molar refractivity (Wildman–Crippen MR) is 64.7 cm³/mol. The number of benzene rings is 2. The monoisotopic (exact) mass is 246 g/mol. The van der Waals surface area contributed by atoms with E-state index in [2.05, 4.69) is 43.3 Å². The van der Waals surface area contributed by atoms with Crippen molar-refractivity contribution in [2.75, 3.05) is 0 Å². The number of nitrogens with zero attached hydrogens (tertiary/aromatic N) is 1. The Kier molecular flexibility index (Phi) is 4.79. The van der Waals surface area contributed by atoms with E-state index in [1.807, 2.05) is 24.3 Å². The second-order valence-corrected chi connectivity index (χ2v) is 3.83. The first-order valence-electron chi connectivity index (χ1n) is 5.13. The summed E-state index contributed by atoms with van der Waals surface area (Å²) in [4.78, 5) is 4.25. The zero-order valence-electron chi connectivity index (χ0n) is 9.44. The van der Waals surface area contributed by atoms with Crippen molar-refractivity contribution in [3.8, 4) is 0 Å². The Morgan fingerprint density at radius 3 is 2.62 bits per heavy atom. The maximum absolute atomic E-state index is 4.25. The van der Waals surface area contributed by atoms with Gasteiger partial charge in [-0.05, 0) is 0 Å². The molecule has 0 aliphatic carbocycles. The van der Waals surface area contributed by atoms with Crippen LogP contribution in [0.2, 0.25) is 0 Å². The van der Waals surface area contributed by atoms with Gasteiger partial charge >= 0.3 is 18.6 Å². The molecule has 16 heavy (non-hydrogen) atoms. The molecule has 1 radical (unpaired) electrons. The molecule has 0 aliphatic heterocycles. The van der Waals surface area contributed by atoms with Gasteiger partial charge in [-0.2, -0.15) is 23.4 Å². The minimum absolute atomic E-state index is 0. The third-order valence-corrected chi connectivity index (χ3v) is 2.09. The molecule has 0 saturated carbocycles. The fourth-order valence-corrected chi connectivity index (χ4v) is 1.37. The Hall–Kier alpha value is -1.05. The third kappa shape index (κ3) is 3.23. The first-order valence-corrected chi connectivity index (χ1v) is 5.13. The first kappa shape index (κ1) is 13.0. The molecule has 0 spiro atoms. The summed E-state index contributed by atoms with van der Waals surface area (Å²) in [5, 5.41) is 2.30. The van der Waals surface area contributed by atoms with Gasteiger partial charge in [0, 0.05) is 0 Å². The van der Waals surface area contributed by atoms with Gasteiger partial charge in [0.2, 0.25) is 0 Å². The SMILES string of the molecule is CC(C)[C-]=Nc1[c-]c2ccccc2cc1.[V+2]. The number of aliphatic imine (C=N–C) groups is 1. The molecule has 79 valence electrons. The summed E-state index contributed by atoms with van der Waals surface area (Å²) in [5.41, 5.74) is 0.849. The van der Waals surface area contributed by atoms with Gasteiger partial charge in [0.15, 0.2) is 0 Å². The van der Waals surface area contributed by atoms with E-state index in [4.69, 9.17) is 0 Å². The summed E-state index contributed by atoms with van der Waals surface area (Å²) in [6.07, 6.45) is 3.02. The van der Waals surface area contributed by atoms with Gasteiger partial charge in [0.25, 0.3) is 0 Å². The van der Waals surface area contributed by atoms with Crippen molar-refractivity contribution >= 4 is 22.7 Å². The van der Waals surface area contributed by atoms with Crippen molar-refractivity contribution in [1.29, 1.82) is 0 Å². The van der Waals surface area contributed by atoms with E-state index in [-0.39, 0.29) is 18.6 Å². The van der Waals surface area contributed by atoms with Crippen LogP contribution in [0.1, 0.15) is 13.8 Å². The molecule has 0 N–H and O–H groups in total. The van der Waals surface area contributed by atoms with Gasteiger partial charge in [0.1, 0.15) is 0 Å². The van der Waals surface area contributed by atoms with Gasteiger partial charge in [-0.3, -0.25) is 0 Å². The maximum atomic E-state index is 4.25. The van der Waals surface area contributed by atoms with Crippen LogP contribution in [0.4, 0.5) is 5.69 Å². The molecule has 0 amide bonds. The normalized spacial score (nSPS) is 10.9. The number of hydrogen-bond donors (Lipinski definition) is 0. The third-order valence-electron chi connectivity index (χ3n) is 2.09. The van der Waals surface area contributed by atoms with Gasteiger partial charge in [-0.1, -0.05) is 31.9 Å². The van der Waals surface area contributed by atoms with E-state index in [0.29, 0.717) is 5.92 Å². The fourth-order valence-electron chi connectivity index (χ4n) is 1.37. The van der Waals surface area contributed by atoms with Crippen LogP contribution in [-0.4, -0.2) is 6.21 Å². The van der Waals surface area contributed by atoms with E-state index in [0.717, 1.165) is 11.1 Å². The summed E-state index contributed by atoms with van der Waals surface area (Å²) in [6, 6.07) is 15.4. The molecule has 1 nitrogen and oxygen atoms in total. The van der Waals surface area contributed by atoms with Crippen LogP contribution in [0.25, 0.3) is 10.8 Å². The van der Waals surface area contributed by atoms with E-state index < -0.39 is 0 Å². The molecule has 0 atom stereocenters. The van der Waals surface area contributed by atoms with Crippen LogP contribution in [-0.2, 0) is 18.6 Å². The van der Waals surface area contributed by atoms with Crippen molar-refractivity contribution in [3.63, 3.8) is 0 Å². The summed E-state index contributed by atoms with van der Waals surface area (Å²) in [6.45, 7) is 4.12. The molecule has 0 aliphatic rings. The first-order chi connectivity index (χ1) is 7.25. The topological polar surface area (TPSA) is 12.4 Å². The van der Waals surface area contributed by atoms with Crippen LogP contribution in [0.5, 0.6) is 0 Å². The Bertz CT molecular complexity index is 489. The van der Waals surface area contributed by atoms with Gasteiger partial charge in [-0.25, -0.2) is 12.1 Å². The number of rotatable bonds is 2. The molecule has 0 unspecified atom stereocenters. The quantitative estimate of drug-likeness (QED) is 0.563. The fraction of sp³-hybridized carbons (Fsp3) is 0.214. The standard InChI is InChI=1S/C14H13N.V/c1-11(2)10-15-14-8-7-12-5-3-4-6-13(12)9-14;/h3-8,11H,1-2H3;/q-2;+2. The Morgan fingerprint density at radius 1 is 1.12 bits per heavy atom. The van der Waals surface area contributed by atoms with Crippen LogP contribution < -0.4 is 0 Å². The van der Waals surface area contributed by atoms with Gasteiger partial charge in [0.05, 0.1) is 0 Å². The van der Waals surface area contributed by atoms with E-state index in [1.165, 1.54) is 5.39 Å². The van der Waals surface area contributed by atoms with Crippen LogP contribution in [0.3, 0.4) is 0 Å². The van der Waals surface area contributed by atoms with Gasteiger partial charge in [-0.15, -0.1) is 17.5 Å². The van der Waals surface area contributed by atoms with Crippen LogP contribution in [0, 0.1) is 12.0 Å². The molecular formula is C14H13NV. The van der Waals surface area contributed by atoms with Crippen molar-refractivity contribution in [2.24, 2.45) is 10.9 Å². The van der Waals surface area contributed by atoms with Crippen LogP contribution >= 0.6 is 0 Å². The van der Waals surface area contributed by atoms with E-state index >= 15 is 0 Å². The summed E-state index contributed by atoms with van der Waals surface area (Å²) < 4.78 is 0. The van der Waals surface area contributed by atoms with Crippen molar-refractivity contribution in [3.05, 3.63) is 42.5 Å². The maximum Gasteiger partial charge on any atom is 2.00 e. The van der Waals surface area contributed by atoms with Gasteiger partial charge < -0.3 is 4.99 Å². The number of hydrogen-bond acceptors (Lipinski definition) is 1. The molecule has 2 rings (SSSR count). The molecule has 0 aromatic heterocycles. The molecule has 0 heterocycles. The minimum Gasteiger partial charge on any atom is -0.475 e. The summed E-state index contributed by atoms with van der Waals surface area (Å²) in [7, 11) is 0. The zero-order chi connectivity index (χ0) is 10.7. The summed E-state index contributed by atoms with van der Waals surface area (Å²) >= 11 is 0. The average molecular weight is 246 g/mol. The molecule has 2 heteroatoms. The van der Waals surface area contributed by atoms with Crippen molar-refractivity contribution < 1.29 is 18.6 Å². The molecular weight excluding hydrogens is 233 g/mol. The molecule has 0 saturated heterocycles. The second-order valence-electron chi connectivity index (χ2n) is 3.83. The van der Waals surface area contributed by atoms with Crippen molar-refractivity contribution in [2.45, 2.75) is 13.8 Å². The molecule has 0 bridgehead atoms. The molecule has 2 aromatic rings. The smallest absolute Gasteiger partial charge is 0.475 e. The van der Waals surface area contributed by atoms with E-state index in [1.54, 1.807) is 0 Å². The summed E-state index contributed by atoms with van der Waals surface area (Å²) in [5.74, 6) is 0.352. The van der Waals surface area contributed by atoms with Crippen LogP contribution in [0.15, 0.2) is 41.4 Å². The molecule has 2 aromatic carbocycles. The van der Waals surface area contributed by atoms with Crippen molar-refractivity contribution in [1.82, 2.24) is 0 Å². The molecule has 0 fully saturated rings. The minimum atomic E-state index is 0. The predicted octanol–water partition coefficient (Wildman–Crippen LogP) is 3.87. The largest absolute Gasteiger partial charge is 2.00 e. The average Bonchev–Trinajstić information content (AvgIpc) is 2.26. The second kappa shape index (κ2) is 5.88. The zero-order valence-corrected chi connectivity index (χ0v) is 10.8. The Balaban J connectivity index is 0.00000128.